The van der Waals surface area contributed by atoms with Crippen LogP contribution in [0.5, 0.6) is 5.75 Å². The van der Waals surface area contributed by atoms with Crippen molar-refractivity contribution in [2.24, 2.45) is 5.84 Å². The van der Waals surface area contributed by atoms with Gasteiger partial charge in [0, 0.05) is 18.5 Å². The summed E-state index contributed by atoms with van der Waals surface area (Å²) >= 11 is 0. The third kappa shape index (κ3) is 2.78. The number of hydrogen-bond donors (Lipinski definition) is 2. The second-order valence-corrected chi connectivity index (χ2v) is 4.27. The van der Waals surface area contributed by atoms with Crippen molar-refractivity contribution in [1.82, 2.24) is 20.2 Å². The van der Waals surface area contributed by atoms with Gasteiger partial charge in [-0.2, -0.15) is 5.10 Å². The lowest BCUT2D eigenvalue weighted by molar-refractivity contribution is 0.388. The lowest BCUT2D eigenvalue weighted by atomic mass is 10.0. The highest BCUT2D eigenvalue weighted by Crippen LogP contribution is 2.29. The van der Waals surface area contributed by atoms with Crippen LogP contribution in [0.15, 0.2) is 24.5 Å². The Kier molecular flexibility index (Phi) is 4.65. The first-order valence-corrected chi connectivity index (χ1v) is 6.36. The molecule has 0 saturated carbocycles. The van der Waals surface area contributed by atoms with Crippen molar-refractivity contribution in [3.63, 3.8) is 0 Å². The number of aromatic nitrogens is 3. The van der Waals surface area contributed by atoms with Crippen molar-refractivity contribution >= 4 is 0 Å². The van der Waals surface area contributed by atoms with Gasteiger partial charge in [0.2, 0.25) is 0 Å². The van der Waals surface area contributed by atoms with E-state index in [4.69, 9.17) is 10.6 Å². The minimum atomic E-state index is -0.444. The van der Waals surface area contributed by atoms with E-state index in [2.05, 4.69) is 15.5 Å². The van der Waals surface area contributed by atoms with E-state index in [1.165, 1.54) is 19.5 Å². The second kappa shape index (κ2) is 6.44. The first kappa shape index (κ1) is 14.4. The molecule has 3 N–H and O–H groups in total. The molecule has 1 atom stereocenters. The highest BCUT2D eigenvalue weighted by Gasteiger charge is 2.21. The van der Waals surface area contributed by atoms with Crippen molar-refractivity contribution < 1.29 is 9.13 Å². The predicted octanol–water partition coefficient (Wildman–Crippen LogP) is 1.19. The summed E-state index contributed by atoms with van der Waals surface area (Å²) in [6.45, 7) is 2.66. The summed E-state index contributed by atoms with van der Waals surface area (Å²) in [5, 5.41) is 4.09. The van der Waals surface area contributed by atoms with Gasteiger partial charge in [-0.25, -0.2) is 9.37 Å². The Labute approximate surface area is 116 Å². The van der Waals surface area contributed by atoms with Crippen LogP contribution in [0, 0.1) is 5.82 Å². The predicted molar refractivity (Wildman–Crippen MR) is 72.4 cm³/mol. The number of aryl methyl sites for hydroxylation is 1. The van der Waals surface area contributed by atoms with Crippen molar-refractivity contribution in [3.05, 3.63) is 41.7 Å². The van der Waals surface area contributed by atoms with Gasteiger partial charge in [-0.1, -0.05) is 6.07 Å². The van der Waals surface area contributed by atoms with Crippen LogP contribution >= 0.6 is 0 Å². The molecule has 1 unspecified atom stereocenters. The number of nitrogens with one attached hydrogen (secondary N) is 1. The molecule has 0 aliphatic heterocycles. The lowest BCUT2D eigenvalue weighted by Gasteiger charge is -2.19. The molecule has 0 aliphatic carbocycles. The largest absolute Gasteiger partial charge is 0.496 e. The molecule has 0 amide bonds. The van der Waals surface area contributed by atoms with Crippen LogP contribution in [0.3, 0.4) is 0 Å². The van der Waals surface area contributed by atoms with Crippen LogP contribution in [0.1, 0.15) is 24.4 Å². The van der Waals surface area contributed by atoms with Gasteiger partial charge in [0.25, 0.3) is 0 Å². The third-order valence-corrected chi connectivity index (χ3v) is 3.16. The van der Waals surface area contributed by atoms with E-state index >= 15 is 0 Å². The zero-order valence-corrected chi connectivity index (χ0v) is 11.5. The first-order chi connectivity index (χ1) is 9.71. The number of nitrogens with two attached hydrogens (primary N) is 1. The van der Waals surface area contributed by atoms with Gasteiger partial charge in [0.1, 0.15) is 23.7 Å². The summed E-state index contributed by atoms with van der Waals surface area (Å²) < 4.78 is 21.0. The number of hydrazine groups is 1. The maximum Gasteiger partial charge on any atom is 0.138 e. The van der Waals surface area contributed by atoms with Gasteiger partial charge in [0.15, 0.2) is 0 Å². The molecular formula is C13H18FN5O. The van der Waals surface area contributed by atoms with Gasteiger partial charge >= 0.3 is 0 Å². The molecular weight excluding hydrogens is 261 g/mol. The first-order valence-electron chi connectivity index (χ1n) is 6.36. The molecule has 1 aromatic heterocycles. The fraction of sp³-hybridized carbons (Fsp3) is 0.385. The Balaban J connectivity index is 2.33. The average molecular weight is 279 g/mol. The smallest absolute Gasteiger partial charge is 0.138 e. The van der Waals surface area contributed by atoms with Crippen LogP contribution in [-0.2, 0) is 13.0 Å². The van der Waals surface area contributed by atoms with Crippen LogP contribution in [-0.4, -0.2) is 21.9 Å². The summed E-state index contributed by atoms with van der Waals surface area (Å²) in [6, 6.07) is 4.24. The average Bonchev–Trinajstić information content (AvgIpc) is 2.92. The van der Waals surface area contributed by atoms with Crippen molar-refractivity contribution in [1.29, 1.82) is 0 Å². The van der Waals surface area contributed by atoms with E-state index in [1.54, 1.807) is 16.8 Å². The molecule has 1 aromatic carbocycles. The van der Waals surface area contributed by atoms with E-state index in [0.29, 0.717) is 24.3 Å². The monoisotopic (exact) mass is 279 g/mol. The summed E-state index contributed by atoms with van der Waals surface area (Å²) in [7, 11) is 1.50. The topological polar surface area (TPSA) is 78.0 Å². The molecule has 0 saturated heterocycles. The van der Waals surface area contributed by atoms with Crippen molar-refractivity contribution in [2.45, 2.75) is 25.9 Å². The van der Waals surface area contributed by atoms with Gasteiger partial charge < -0.3 is 4.74 Å². The molecule has 7 heteroatoms. The summed E-state index contributed by atoms with van der Waals surface area (Å²) in [5.41, 5.74) is 3.01. The molecule has 108 valence electrons. The van der Waals surface area contributed by atoms with E-state index < -0.39 is 6.04 Å². The number of nitrogens with zero attached hydrogens (tertiary/aromatic N) is 3. The maximum atomic E-state index is 14.1. The minimum Gasteiger partial charge on any atom is -0.496 e. The van der Waals surface area contributed by atoms with Gasteiger partial charge in [-0.05, 0) is 19.1 Å². The quantitative estimate of drug-likeness (QED) is 0.613. The molecule has 0 aliphatic rings. The number of benzene rings is 1. The lowest BCUT2D eigenvalue weighted by Crippen LogP contribution is -2.31. The van der Waals surface area contributed by atoms with E-state index in [0.717, 1.165) is 5.82 Å². The maximum absolute atomic E-state index is 14.1. The van der Waals surface area contributed by atoms with Gasteiger partial charge in [-0.15, -0.1) is 0 Å². The molecule has 0 fully saturated rings. The Bertz CT molecular complexity index is 572. The fourth-order valence-corrected chi connectivity index (χ4v) is 2.17. The standard InChI is InChI=1S/C13H18FN5O/c1-3-19-12(16-8-17-19)7-10(18-15)13-9(14)5-4-6-11(13)20-2/h4-6,8,10,18H,3,7,15H2,1-2H3. The number of halogens is 1. The number of ether oxygens (including phenoxy) is 1. The van der Waals surface area contributed by atoms with Crippen LogP contribution in [0.25, 0.3) is 0 Å². The Morgan fingerprint density at radius 2 is 2.30 bits per heavy atom. The van der Waals surface area contributed by atoms with Crippen LogP contribution < -0.4 is 16.0 Å². The minimum absolute atomic E-state index is 0.366. The Morgan fingerprint density at radius 1 is 1.50 bits per heavy atom. The SMILES string of the molecule is CCn1ncnc1CC(NN)c1c(F)cccc1OC. The number of rotatable bonds is 6. The molecule has 2 rings (SSSR count). The molecule has 0 radical (unpaired) electrons. The molecule has 2 aromatic rings. The van der Waals surface area contributed by atoms with Crippen molar-refractivity contribution in [3.8, 4) is 5.75 Å². The highest BCUT2D eigenvalue weighted by atomic mass is 19.1. The van der Waals surface area contributed by atoms with E-state index in [1.807, 2.05) is 6.92 Å². The summed E-state index contributed by atoms with van der Waals surface area (Å²) in [5.74, 6) is 6.40. The van der Waals surface area contributed by atoms with Gasteiger partial charge in [0.05, 0.1) is 13.2 Å². The normalized spacial score (nSPS) is 12.4. The van der Waals surface area contributed by atoms with Crippen LogP contribution in [0.2, 0.25) is 0 Å². The van der Waals surface area contributed by atoms with E-state index in [9.17, 15) is 4.39 Å². The number of hydrogen-bond acceptors (Lipinski definition) is 5. The van der Waals surface area contributed by atoms with Crippen LogP contribution in [0.4, 0.5) is 4.39 Å². The Morgan fingerprint density at radius 3 is 2.95 bits per heavy atom. The highest BCUT2D eigenvalue weighted by molar-refractivity contribution is 5.37. The molecule has 6 nitrogen and oxygen atoms in total. The second-order valence-electron chi connectivity index (χ2n) is 4.27. The summed E-state index contributed by atoms with van der Waals surface area (Å²) in [4.78, 5) is 4.18. The van der Waals surface area contributed by atoms with Gasteiger partial charge in [-0.3, -0.25) is 16.0 Å². The molecule has 0 bridgehead atoms. The zero-order chi connectivity index (χ0) is 14.5. The van der Waals surface area contributed by atoms with E-state index in [-0.39, 0.29) is 5.82 Å². The molecule has 20 heavy (non-hydrogen) atoms. The fourth-order valence-electron chi connectivity index (χ4n) is 2.17. The third-order valence-electron chi connectivity index (χ3n) is 3.16. The zero-order valence-electron chi connectivity index (χ0n) is 11.5. The summed E-state index contributed by atoms with van der Waals surface area (Å²) in [6.07, 6.45) is 1.90. The van der Waals surface area contributed by atoms with Crippen molar-refractivity contribution in [2.75, 3.05) is 7.11 Å². The molecule has 1 heterocycles. The number of methoxy groups -OCH3 is 1. The Hall–Kier alpha value is -1.99. The molecule has 0 spiro atoms.